The lowest BCUT2D eigenvalue weighted by Crippen LogP contribution is -2.22. The summed E-state index contributed by atoms with van der Waals surface area (Å²) in [6, 6.07) is 19.5. The predicted molar refractivity (Wildman–Crippen MR) is 117 cm³/mol. The lowest BCUT2D eigenvalue weighted by atomic mass is 10.1. The number of methoxy groups -OCH3 is 2. The topological polar surface area (TPSA) is 73.6 Å². The summed E-state index contributed by atoms with van der Waals surface area (Å²) in [7, 11) is 3.08. The lowest BCUT2D eigenvalue weighted by molar-refractivity contribution is 0.373. The van der Waals surface area contributed by atoms with Crippen molar-refractivity contribution in [2.24, 2.45) is 0 Å². The maximum atomic E-state index is 13.3. The second-order valence-electron chi connectivity index (χ2n) is 6.59. The van der Waals surface area contributed by atoms with Crippen molar-refractivity contribution >= 4 is 23.1 Å². The molecular weight excluding hydrogens is 380 g/mol. The van der Waals surface area contributed by atoms with E-state index in [4.69, 9.17) is 14.5 Å². The molecule has 0 aliphatic rings. The van der Waals surface area contributed by atoms with Crippen LogP contribution in [0.25, 0.3) is 28.7 Å². The van der Waals surface area contributed by atoms with Crippen LogP contribution < -0.4 is 15.0 Å². The minimum Gasteiger partial charge on any atom is -0.504 e. The van der Waals surface area contributed by atoms with Gasteiger partial charge >= 0.3 is 0 Å². The van der Waals surface area contributed by atoms with E-state index < -0.39 is 0 Å². The second-order valence-corrected chi connectivity index (χ2v) is 6.59. The van der Waals surface area contributed by atoms with Crippen molar-refractivity contribution in [2.45, 2.75) is 0 Å². The number of nitrogens with zero attached hydrogens (tertiary/aromatic N) is 2. The van der Waals surface area contributed by atoms with Crippen molar-refractivity contribution in [1.82, 2.24) is 9.55 Å². The molecule has 0 bridgehead atoms. The smallest absolute Gasteiger partial charge is 0.266 e. The fourth-order valence-electron chi connectivity index (χ4n) is 3.23. The Morgan fingerprint density at radius 3 is 2.57 bits per heavy atom. The number of phenols is 1. The molecular formula is C24H20N2O4. The number of benzene rings is 3. The van der Waals surface area contributed by atoms with Crippen molar-refractivity contribution < 1.29 is 14.6 Å². The molecule has 0 unspecified atom stereocenters. The largest absolute Gasteiger partial charge is 0.504 e. The van der Waals surface area contributed by atoms with Gasteiger partial charge in [-0.2, -0.15) is 0 Å². The number of fused-ring (bicyclic) bond motifs is 1. The van der Waals surface area contributed by atoms with Crippen molar-refractivity contribution in [3.05, 3.63) is 88.5 Å². The third-order valence-corrected chi connectivity index (χ3v) is 4.74. The van der Waals surface area contributed by atoms with Crippen LogP contribution in [-0.4, -0.2) is 28.9 Å². The molecule has 30 heavy (non-hydrogen) atoms. The van der Waals surface area contributed by atoms with Crippen LogP contribution in [0.4, 0.5) is 0 Å². The lowest BCUT2D eigenvalue weighted by Gasteiger charge is -2.12. The average Bonchev–Trinajstić information content (AvgIpc) is 2.78. The van der Waals surface area contributed by atoms with Gasteiger partial charge in [-0.3, -0.25) is 9.36 Å². The van der Waals surface area contributed by atoms with Crippen LogP contribution in [-0.2, 0) is 0 Å². The van der Waals surface area contributed by atoms with Gasteiger partial charge in [-0.05, 0) is 48.0 Å². The molecule has 0 fully saturated rings. The molecule has 0 radical (unpaired) electrons. The fraction of sp³-hybridized carbons (Fsp3) is 0.0833. The Bertz CT molecular complexity index is 1310. The van der Waals surface area contributed by atoms with Gasteiger partial charge in [0, 0.05) is 6.07 Å². The Hall–Kier alpha value is -4.06. The standard InChI is InChI=1S/C24H20N2O4/c1-29-18-7-5-6-17(15-18)26-23(25-20-9-4-3-8-19(20)24(26)28)13-11-16-10-12-21(27)22(14-16)30-2/h3-15,27H,1-2H3. The molecule has 1 N–H and O–H groups in total. The summed E-state index contributed by atoms with van der Waals surface area (Å²) in [5.74, 6) is 1.55. The molecule has 4 aromatic rings. The minimum atomic E-state index is -0.170. The fourth-order valence-corrected chi connectivity index (χ4v) is 3.23. The van der Waals surface area contributed by atoms with E-state index in [2.05, 4.69) is 0 Å². The SMILES string of the molecule is COc1cccc(-n2c(C=Cc3ccc(O)c(OC)c3)nc3ccccc3c2=O)c1. The number of hydrogen-bond donors (Lipinski definition) is 1. The van der Waals surface area contributed by atoms with E-state index in [0.717, 1.165) is 5.56 Å². The molecule has 0 aliphatic heterocycles. The molecule has 3 aromatic carbocycles. The summed E-state index contributed by atoms with van der Waals surface area (Å²) < 4.78 is 12.0. The molecule has 0 saturated carbocycles. The number of phenolic OH excluding ortho intramolecular Hbond substituents is 1. The van der Waals surface area contributed by atoms with Gasteiger partial charge in [0.15, 0.2) is 11.5 Å². The Morgan fingerprint density at radius 1 is 0.933 bits per heavy atom. The Kier molecular flexibility index (Phi) is 5.22. The van der Waals surface area contributed by atoms with E-state index in [9.17, 15) is 9.90 Å². The summed E-state index contributed by atoms with van der Waals surface area (Å²) in [4.78, 5) is 18.0. The number of para-hydroxylation sites is 1. The van der Waals surface area contributed by atoms with Gasteiger partial charge in [0.05, 0.1) is 30.8 Å². The summed E-state index contributed by atoms with van der Waals surface area (Å²) in [6.07, 6.45) is 3.58. The van der Waals surface area contributed by atoms with Crippen molar-refractivity contribution in [3.8, 4) is 22.9 Å². The molecule has 1 aromatic heterocycles. The molecule has 1 heterocycles. The average molecular weight is 400 g/mol. The number of ether oxygens (including phenoxy) is 2. The van der Waals surface area contributed by atoms with E-state index in [0.29, 0.717) is 33.9 Å². The zero-order chi connectivity index (χ0) is 21.1. The first kappa shape index (κ1) is 19.3. The third kappa shape index (κ3) is 3.63. The zero-order valence-electron chi connectivity index (χ0n) is 16.6. The molecule has 6 nitrogen and oxygen atoms in total. The van der Waals surface area contributed by atoms with Crippen LogP contribution >= 0.6 is 0 Å². The van der Waals surface area contributed by atoms with Gasteiger partial charge in [-0.15, -0.1) is 0 Å². The van der Waals surface area contributed by atoms with Gasteiger partial charge in [0.25, 0.3) is 5.56 Å². The van der Waals surface area contributed by atoms with E-state index in [1.54, 1.807) is 48.1 Å². The molecule has 150 valence electrons. The maximum absolute atomic E-state index is 13.3. The van der Waals surface area contributed by atoms with Crippen molar-refractivity contribution in [3.63, 3.8) is 0 Å². The molecule has 0 saturated heterocycles. The second kappa shape index (κ2) is 8.13. The highest BCUT2D eigenvalue weighted by Gasteiger charge is 2.12. The maximum Gasteiger partial charge on any atom is 0.266 e. The van der Waals surface area contributed by atoms with Gasteiger partial charge in [-0.25, -0.2) is 4.98 Å². The highest BCUT2D eigenvalue weighted by atomic mass is 16.5. The molecule has 0 atom stereocenters. The van der Waals surface area contributed by atoms with Crippen LogP contribution in [0.3, 0.4) is 0 Å². The summed E-state index contributed by atoms with van der Waals surface area (Å²) >= 11 is 0. The highest BCUT2D eigenvalue weighted by Crippen LogP contribution is 2.27. The van der Waals surface area contributed by atoms with Gasteiger partial charge in [-0.1, -0.05) is 30.3 Å². The molecule has 0 amide bonds. The van der Waals surface area contributed by atoms with Crippen LogP contribution in [0.5, 0.6) is 17.2 Å². The zero-order valence-corrected chi connectivity index (χ0v) is 16.6. The number of hydrogen-bond acceptors (Lipinski definition) is 5. The molecule has 0 aliphatic carbocycles. The van der Waals surface area contributed by atoms with E-state index in [-0.39, 0.29) is 11.3 Å². The first-order valence-corrected chi connectivity index (χ1v) is 9.32. The molecule has 4 rings (SSSR count). The Labute approximate surface area is 173 Å². The Balaban J connectivity index is 1.90. The normalized spacial score (nSPS) is 11.1. The summed E-state index contributed by atoms with van der Waals surface area (Å²) in [5, 5.41) is 10.3. The number of rotatable bonds is 5. The minimum absolute atomic E-state index is 0.0618. The van der Waals surface area contributed by atoms with Crippen molar-refractivity contribution in [2.75, 3.05) is 14.2 Å². The van der Waals surface area contributed by atoms with Gasteiger partial charge in [0.1, 0.15) is 11.6 Å². The third-order valence-electron chi connectivity index (χ3n) is 4.74. The van der Waals surface area contributed by atoms with E-state index in [1.807, 2.05) is 42.5 Å². The van der Waals surface area contributed by atoms with Gasteiger partial charge < -0.3 is 14.6 Å². The molecule has 6 heteroatoms. The van der Waals surface area contributed by atoms with Crippen LogP contribution in [0.15, 0.2) is 71.5 Å². The number of aromatic hydroxyl groups is 1. The van der Waals surface area contributed by atoms with Gasteiger partial charge in [0.2, 0.25) is 0 Å². The van der Waals surface area contributed by atoms with Crippen molar-refractivity contribution in [1.29, 1.82) is 0 Å². The molecule has 0 spiro atoms. The van der Waals surface area contributed by atoms with E-state index >= 15 is 0 Å². The first-order chi connectivity index (χ1) is 14.6. The number of aromatic nitrogens is 2. The first-order valence-electron chi connectivity index (χ1n) is 9.32. The van der Waals surface area contributed by atoms with Crippen LogP contribution in [0.2, 0.25) is 0 Å². The van der Waals surface area contributed by atoms with Crippen LogP contribution in [0, 0.1) is 0 Å². The quantitative estimate of drug-likeness (QED) is 0.541. The van der Waals surface area contributed by atoms with Crippen LogP contribution in [0.1, 0.15) is 11.4 Å². The summed E-state index contributed by atoms with van der Waals surface area (Å²) in [6.45, 7) is 0. The predicted octanol–water partition coefficient (Wildman–Crippen LogP) is 4.28. The monoisotopic (exact) mass is 400 g/mol. The summed E-state index contributed by atoms with van der Waals surface area (Å²) in [5.41, 5.74) is 1.89. The Morgan fingerprint density at radius 2 is 1.77 bits per heavy atom. The van der Waals surface area contributed by atoms with E-state index in [1.165, 1.54) is 7.11 Å². The highest BCUT2D eigenvalue weighted by molar-refractivity contribution is 5.80.